The van der Waals surface area contributed by atoms with Crippen molar-refractivity contribution in [1.29, 1.82) is 0 Å². The van der Waals surface area contributed by atoms with Crippen molar-refractivity contribution in [2.45, 2.75) is 32.3 Å². The first-order chi connectivity index (χ1) is 16.1. The summed E-state index contributed by atoms with van der Waals surface area (Å²) in [5.74, 6) is 9.75. The third-order valence-corrected chi connectivity index (χ3v) is 4.78. The van der Waals surface area contributed by atoms with Crippen LogP contribution >= 0.6 is 22.6 Å². The van der Waals surface area contributed by atoms with Gasteiger partial charge in [0.25, 0.3) is 0 Å². The molecule has 6 heteroatoms. The number of ether oxygens (including phenoxy) is 3. The molecule has 0 aliphatic heterocycles. The van der Waals surface area contributed by atoms with Crippen LogP contribution in [-0.2, 0) is 20.9 Å². The van der Waals surface area contributed by atoms with Crippen LogP contribution in [-0.4, -0.2) is 26.0 Å². The van der Waals surface area contributed by atoms with Crippen LogP contribution < -0.4 is 9.47 Å². The highest BCUT2D eigenvalue weighted by Crippen LogP contribution is 2.15. The predicted octanol–water partition coefficient (Wildman–Crippen LogP) is 5.36. The highest BCUT2D eigenvalue weighted by Gasteiger charge is 2.05. The van der Waals surface area contributed by atoms with Crippen molar-refractivity contribution in [1.82, 2.24) is 0 Å². The van der Waals surface area contributed by atoms with Crippen LogP contribution in [0.4, 0.5) is 0 Å². The standard InChI is InChI=1S/C27H25IO5/c1-31-25-13-11-23(12-14-25)20-33-27(30)21-32-26-15-9-22(10-16-26)18-24(19-29)8-6-4-2-3-5-7-17-28/h9-16,18-19H,2-5,20-21H2,1H3/b24-18+. The number of unbranched alkanes of at least 4 members (excludes halogenated alkanes) is 3. The fourth-order valence-corrected chi connectivity index (χ4v) is 2.92. The van der Waals surface area contributed by atoms with Crippen molar-refractivity contribution < 1.29 is 23.8 Å². The molecule has 5 nitrogen and oxygen atoms in total. The van der Waals surface area contributed by atoms with E-state index in [0.717, 1.165) is 48.8 Å². The molecule has 0 aromatic heterocycles. The molecule has 0 amide bonds. The molecule has 0 unspecified atom stereocenters. The third-order valence-electron chi connectivity index (χ3n) is 4.40. The number of carbonyl (C=O) groups excluding carboxylic acids is 2. The molecule has 170 valence electrons. The molecule has 33 heavy (non-hydrogen) atoms. The summed E-state index contributed by atoms with van der Waals surface area (Å²) in [6, 6.07) is 14.3. The molecule has 0 radical (unpaired) electrons. The van der Waals surface area contributed by atoms with Crippen LogP contribution in [0.25, 0.3) is 6.08 Å². The van der Waals surface area contributed by atoms with Gasteiger partial charge in [-0.15, -0.1) is 0 Å². The van der Waals surface area contributed by atoms with Gasteiger partial charge in [-0.1, -0.05) is 42.0 Å². The van der Waals surface area contributed by atoms with Crippen LogP contribution in [0.5, 0.6) is 11.5 Å². The lowest BCUT2D eigenvalue weighted by Gasteiger charge is -2.08. The SMILES string of the molecule is COc1ccc(COC(=O)COc2ccc(/C=C(\C#CCCCCC#CI)C=O)cc2)cc1. The van der Waals surface area contributed by atoms with Gasteiger partial charge in [-0.05, 0) is 58.2 Å². The molecule has 0 bridgehead atoms. The summed E-state index contributed by atoms with van der Waals surface area (Å²) in [7, 11) is 1.60. The van der Waals surface area contributed by atoms with Crippen LogP contribution in [0.3, 0.4) is 0 Å². The Labute approximate surface area is 208 Å². The van der Waals surface area contributed by atoms with E-state index in [1.807, 2.05) is 34.7 Å². The van der Waals surface area contributed by atoms with Crippen LogP contribution in [0, 0.1) is 21.7 Å². The average molecular weight is 556 g/mol. The Morgan fingerprint density at radius 3 is 2.27 bits per heavy atom. The van der Waals surface area contributed by atoms with Gasteiger partial charge in [0.15, 0.2) is 12.9 Å². The molecule has 0 saturated carbocycles. The highest BCUT2D eigenvalue weighted by atomic mass is 127. The van der Waals surface area contributed by atoms with Gasteiger partial charge in [0.2, 0.25) is 0 Å². The Morgan fingerprint density at radius 1 is 0.970 bits per heavy atom. The van der Waals surface area contributed by atoms with Gasteiger partial charge < -0.3 is 14.2 Å². The van der Waals surface area contributed by atoms with Crippen molar-refractivity contribution >= 4 is 40.9 Å². The molecule has 0 spiro atoms. The third kappa shape index (κ3) is 10.8. The molecule has 0 atom stereocenters. The lowest BCUT2D eigenvalue weighted by molar-refractivity contribution is -0.147. The Bertz CT molecular complexity index is 1050. The van der Waals surface area contributed by atoms with E-state index in [1.165, 1.54) is 0 Å². The van der Waals surface area contributed by atoms with Gasteiger partial charge in [0.1, 0.15) is 18.1 Å². The van der Waals surface area contributed by atoms with Crippen molar-refractivity contribution in [2.75, 3.05) is 13.7 Å². The maximum absolute atomic E-state index is 11.9. The molecule has 2 aromatic carbocycles. The monoisotopic (exact) mass is 556 g/mol. The van der Waals surface area contributed by atoms with E-state index < -0.39 is 5.97 Å². The molecule has 0 aliphatic carbocycles. The van der Waals surface area contributed by atoms with Gasteiger partial charge in [0, 0.05) is 35.4 Å². The number of esters is 1. The Kier molecular flexibility index (Phi) is 12.3. The first-order valence-electron chi connectivity index (χ1n) is 10.4. The molecule has 2 aromatic rings. The minimum atomic E-state index is -0.463. The second kappa shape index (κ2) is 15.6. The molecular weight excluding hydrogens is 531 g/mol. The van der Waals surface area contributed by atoms with Crippen LogP contribution in [0.15, 0.2) is 54.1 Å². The van der Waals surface area contributed by atoms with Gasteiger partial charge in [-0.3, -0.25) is 4.79 Å². The highest BCUT2D eigenvalue weighted by molar-refractivity contribution is 14.1. The Hall–Kier alpha value is -3.23. The van der Waals surface area contributed by atoms with E-state index >= 15 is 0 Å². The maximum atomic E-state index is 11.9. The zero-order valence-corrected chi connectivity index (χ0v) is 20.6. The summed E-state index contributed by atoms with van der Waals surface area (Å²) in [5, 5.41) is 0. The number of methoxy groups -OCH3 is 1. The molecule has 0 fully saturated rings. The van der Waals surface area contributed by atoms with Crippen molar-refractivity contribution in [3.63, 3.8) is 0 Å². The maximum Gasteiger partial charge on any atom is 0.344 e. The van der Waals surface area contributed by atoms with Crippen molar-refractivity contribution in [3.8, 4) is 33.2 Å². The minimum absolute atomic E-state index is 0.165. The predicted molar refractivity (Wildman–Crippen MR) is 137 cm³/mol. The minimum Gasteiger partial charge on any atom is -0.497 e. The van der Waals surface area contributed by atoms with Gasteiger partial charge >= 0.3 is 5.97 Å². The normalized spacial score (nSPS) is 10.2. The number of halogens is 1. The van der Waals surface area contributed by atoms with E-state index in [1.54, 1.807) is 49.6 Å². The lowest BCUT2D eigenvalue weighted by Crippen LogP contribution is -2.14. The Morgan fingerprint density at radius 2 is 1.64 bits per heavy atom. The number of hydrogen-bond donors (Lipinski definition) is 0. The zero-order valence-electron chi connectivity index (χ0n) is 18.4. The number of carbonyl (C=O) groups is 2. The molecule has 0 N–H and O–H groups in total. The quantitative estimate of drug-likeness (QED) is 0.0932. The first-order valence-corrected chi connectivity index (χ1v) is 11.5. The summed E-state index contributed by atoms with van der Waals surface area (Å²) >= 11 is 2.03. The smallest absolute Gasteiger partial charge is 0.344 e. The second-order valence-electron chi connectivity index (χ2n) is 6.86. The first kappa shape index (κ1) is 26.0. The van der Waals surface area contributed by atoms with E-state index in [-0.39, 0.29) is 13.2 Å². The average Bonchev–Trinajstić information content (AvgIpc) is 2.86. The topological polar surface area (TPSA) is 61.8 Å². The zero-order chi connectivity index (χ0) is 23.7. The van der Waals surface area contributed by atoms with Crippen molar-refractivity contribution in [2.24, 2.45) is 0 Å². The number of rotatable bonds is 11. The van der Waals surface area contributed by atoms with E-state index in [9.17, 15) is 9.59 Å². The number of allylic oxidation sites excluding steroid dienone is 1. The van der Waals surface area contributed by atoms with E-state index in [0.29, 0.717) is 11.3 Å². The fourth-order valence-electron chi connectivity index (χ4n) is 2.65. The Balaban J connectivity index is 1.77. The number of hydrogen-bond acceptors (Lipinski definition) is 5. The summed E-state index contributed by atoms with van der Waals surface area (Å²) < 4.78 is 18.6. The van der Waals surface area contributed by atoms with Crippen LogP contribution in [0.1, 0.15) is 36.8 Å². The summed E-state index contributed by atoms with van der Waals surface area (Å²) in [6.45, 7) is -0.0300. The summed E-state index contributed by atoms with van der Waals surface area (Å²) in [6.07, 6.45) is 6.03. The summed E-state index contributed by atoms with van der Waals surface area (Å²) in [4.78, 5) is 23.2. The molecule has 0 saturated heterocycles. The largest absolute Gasteiger partial charge is 0.497 e. The number of benzene rings is 2. The van der Waals surface area contributed by atoms with Gasteiger partial charge in [-0.25, -0.2) is 4.79 Å². The molecule has 0 heterocycles. The lowest BCUT2D eigenvalue weighted by atomic mass is 10.1. The van der Waals surface area contributed by atoms with Gasteiger partial charge in [-0.2, -0.15) is 0 Å². The number of aldehydes is 1. The van der Waals surface area contributed by atoms with Crippen molar-refractivity contribution in [3.05, 3.63) is 65.2 Å². The molecule has 2 rings (SSSR count). The molecular formula is C27H25IO5. The van der Waals surface area contributed by atoms with Crippen LogP contribution in [0.2, 0.25) is 0 Å². The molecule has 0 aliphatic rings. The summed E-state index contributed by atoms with van der Waals surface area (Å²) in [5.41, 5.74) is 2.09. The second-order valence-corrected chi connectivity index (χ2v) is 7.40. The van der Waals surface area contributed by atoms with Gasteiger partial charge in [0.05, 0.1) is 12.7 Å². The fraction of sp³-hybridized carbons (Fsp3) is 0.259. The van der Waals surface area contributed by atoms with E-state index in [4.69, 9.17) is 14.2 Å². The van der Waals surface area contributed by atoms with E-state index in [2.05, 4.69) is 21.7 Å².